The highest BCUT2D eigenvalue weighted by Gasteiger charge is 2.21. The predicted molar refractivity (Wildman–Crippen MR) is 85.9 cm³/mol. The molecule has 1 aromatic heterocycles. The second-order valence-electron chi connectivity index (χ2n) is 5.69. The summed E-state index contributed by atoms with van der Waals surface area (Å²) < 4.78 is 0. The first-order valence-corrected chi connectivity index (χ1v) is 7.53. The minimum Gasteiger partial charge on any atom is -0.480 e. The Morgan fingerprint density at radius 1 is 1.27 bits per heavy atom. The van der Waals surface area contributed by atoms with Crippen LogP contribution in [0, 0.1) is 0 Å². The number of para-hydroxylation sites is 1. The van der Waals surface area contributed by atoms with Crippen molar-refractivity contribution in [2.45, 2.75) is 39.7 Å². The fraction of sp³-hybridized carbons (Fsp3) is 0.412. The van der Waals surface area contributed by atoms with Crippen LogP contribution >= 0.6 is 0 Å². The molecule has 0 bridgehead atoms. The third-order valence-electron chi connectivity index (χ3n) is 3.86. The van der Waals surface area contributed by atoms with Gasteiger partial charge >= 0.3 is 5.97 Å². The first-order chi connectivity index (χ1) is 10.4. The van der Waals surface area contributed by atoms with Crippen LogP contribution in [0.4, 0.5) is 0 Å². The fourth-order valence-electron chi connectivity index (χ4n) is 2.69. The third kappa shape index (κ3) is 3.30. The normalized spacial score (nSPS) is 11.1. The average Bonchev–Trinajstić information content (AvgIpc) is 2.87. The van der Waals surface area contributed by atoms with E-state index in [1.165, 1.54) is 10.5 Å². The molecule has 0 atom stereocenters. The minimum absolute atomic E-state index is 0.139. The summed E-state index contributed by atoms with van der Waals surface area (Å²) in [5, 5.41) is 9.98. The summed E-state index contributed by atoms with van der Waals surface area (Å²) in [5.41, 5.74) is 3.18. The molecule has 1 heterocycles. The SMILES string of the molecule is CCc1cccc2c(CC(=O)N(CC(=O)O)C(C)C)c[nH]c12. The number of hydrogen-bond donors (Lipinski definition) is 2. The van der Waals surface area contributed by atoms with Crippen LogP contribution in [0.1, 0.15) is 31.9 Å². The molecule has 5 heteroatoms. The van der Waals surface area contributed by atoms with Crippen molar-refractivity contribution in [1.29, 1.82) is 0 Å². The number of carbonyl (C=O) groups is 2. The quantitative estimate of drug-likeness (QED) is 0.861. The highest BCUT2D eigenvalue weighted by atomic mass is 16.4. The summed E-state index contributed by atoms with van der Waals surface area (Å²) in [4.78, 5) is 28.0. The molecule has 0 aliphatic rings. The molecule has 0 fully saturated rings. The van der Waals surface area contributed by atoms with E-state index in [2.05, 4.69) is 18.0 Å². The maximum Gasteiger partial charge on any atom is 0.323 e. The number of hydrogen-bond acceptors (Lipinski definition) is 2. The van der Waals surface area contributed by atoms with Crippen molar-refractivity contribution in [3.8, 4) is 0 Å². The van der Waals surface area contributed by atoms with Crippen molar-refractivity contribution in [3.63, 3.8) is 0 Å². The Bertz CT molecular complexity index is 688. The number of carbonyl (C=O) groups excluding carboxylic acids is 1. The Balaban J connectivity index is 2.26. The number of aryl methyl sites for hydroxylation is 1. The molecular weight excluding hydrogens is 280 g/mol. The number of aromatic nitrogens is 1. The number of rotatable bonds is 6. The number of carboxylic acid groups (broad SMARTS) is 1. The molecule has 2 N–H and O–H groups in total. The summed E-state index contributed by atoms with van der Waals surface area (Å²) in [6.07, 6.45) is 2.97. The number of carboxylic acids is 1. The van der Waals surface area contributed by atoms with E-state index in [9.17, 15) is 9.59 Å². The number of fused-ring (bicyclic) bond motifs is 1. The van der Waals surface area contributed by atoms with Gasteiger partial charge in [-0.25, -0.2) is 0 Å². The molecule has 0 aliphatic heterocycles. The zero-order chi connectivity index (χ0) is 16.3. The Labute approximate surface area is 129 Å². The standard InChI is InChI=1S/C17H22N2O3/c1-4-12-6-5-7-14-13(9-18-17(12)14)8-15(20)19(11(2)3)10-16(21)22/h5-7,9,11,18H,4,8,10H2,1-3H3,(H,21,22). The van der Waals surface area contributed by atoms with Crippen LogP contribution in [0.15, 0.2) is 24.4 Å². The topological polar surface area (TPSA) is 73.4 Å². The molecule has 1 aromatic carbocycles. The van der Waals surface area contributed by atoms with Crippen LogP contribution in [0.2, 0.25) is 0 Å². The second kappa shape index (κ2) is 6.64. The fourth-order valence-corrected chi connectivity index (χ4v) is 2.69. The molecule has 0 unspecified atom stereocenters. The van der Waals surface area contributed by atoms with Crippen LogP contribution in [-0.2, 0) is 22.4 Å². The summed E-state index contributed by atoms with van der Waals surface area (Å²) in [6, 6.07) is 5.90. The van der Waals surface area contributed by atoms with Gasteiger partial charge in [0.2, 0.25) is 5.91 Å². The summed E-state index contributed by atoms with van der Waals surface area (Å²) in [6.45, 7) is 5.48. The second-order valence-corrected chi connectivity index (χ2v) is 5.69. The maximum atomic E-state index is 12.4. The number of aromatic amines is 1. The molecule has 0 radical (unpaired) electrons. The van der Waals surface area contributed by atoms with Crippen LogP contribution in [-0.4, -0.2) is 39.5 Å². The molecule has 0 saturated heterocycles. The molecule has 0 aliphatic carbocycles. The van der Waals surface area contributed by atoms with Crippen molar-refractivity contribution in [2.75, 3.05) is 6.54 Å². The monoisotopic (exact) mass is 302 g/mol. The highest BCUT2D eigenvalue weighted by Crippen LogP contribution is 2.23. The molecule has 1 amide bonds. The molecular formula is C17H22N2O3. The lowest BCUT2D eigenvalue weighted by Crippen LogP contribution is -2.41. The van der Waals surface area contributed by atoms with Gasteiger partial charge in [0.05, 0.1) is 6.42 Å². The smallest absolute Gasteiger partial charge is 0.323 e. The molecule has 0 saturated carbocycles. The first-order valence-electron chi connectivity index (χ1n) is 7.53. The molecule has 0 spiro atoms. The zero-order valence-corrected chi connectivity index (χ0v) is 13.2. The molecule has 2 aromatic rings. The van der Waals surface area contributed by atoms with Crippen LogP contribution in [0.5, 0.6) is 0 Å². The highest BCUT2D eigenvalue weighted by molar-refractivity contribution is 5.91. The van der Waals surface area contributed by atoms with Crippen LogP contribution in [0.25, 0.3) is 10.9 Å². The van der Waals surface area contributed by atoms with Gasteiger partial charge in [-0.3, -0.25) is 9.59 Å². The number of nitrogens with one attached hydrogen (secondary N) is 1. The van der Waals surface area contributed by atoms with Crippen molar-refractivity contribution in [2.24, 2.45) is 0 Å². The summed E-state index contributed by atoms with van der Waals surface area (Å²) >= 11 is 0. The van der Waals surface area contributed by atoms with Crippen molar-refractivity contribution in [3.05, 3.63) is 35.5 Å². The number of aliphatic carboxylic acids is 1. The van der Waals surface area contributed by atoms with E-state index in [0.29, 0.717) is 0 Å². The van der Waals surface area contributed by atoms with E-state index in [1.54, 1.807) is 0 Å². The van der Waals surface area contributed by atoms with E-state index in [0.717, 1.165) is 22.9 Å². The van der Waals surface area contributed by atoms with Gasteiger partial charge in [0.1, 0.15) is 6.54 Å². The van der Waals surface area contributed by atoms with Crippen LogP contribution in [0.3, 0.4) is 0 Å². The van der Waals surface area contributed by atoms with E-state index in [-0.39, 0.29) is 24.9 Å². The Kier molecular flexibility index (Phi) is 4.85. The number of benzene rings is 1. The van der Waals surface area contributed by atoms with Gasteiger partial charge in [-0.05, 0) is 31.4 Å². The van der Waals surface area contributed by atoms with E-state index in [1.807, 2.05) is 32.2 Å². The van der Waals surface area contributed by atoms with Crippen molar-refractivity contribution < 1.29 is 14.7 Å². The number of amides is 1. The molecule has 118 valence electrons. The molecule has 22 heavy (non-hydrogen) atoms. The summed E-state index contributed by atoms with van der Waals surface area (Å²) in [5.74, 6) is -1.16. The van der Waals surface area contributed by atoms with Gasteiger partial charge in [0, 0.05) is 23.1 Å². The number of H-pyrrole nitrogens is 1. The van der Waals surface area contributed by atoms with E-state index in [4.69, 9.17) is 5.11 Å². The third-order valence-corrected chi connectivity index (χ3v) is 3.86. The van der Waals surface area contributed by atoms with Crippen molar-refractivity contribution >= 4 is 22.8 Å². The lowest BCUT2D eigenvalue weighted by atomic mass is 10.0. The Morgan fingerprint density at radius 3 is 2.59 bits per heavy atom. The van der Waals surface area contributed by atoms with Gasteiger partial charge in [-0.2, -0.15) is 0 Å². The zero-order valence-electron chi connectivity index (χ0n) is 13.2. The average molecular weight is 302 g/mol. The van der Waals surface area contributed by atoms with E-state index >= 15 is 0 Å². The molecule has 2 rings (SSSR count). The van der Waals surface area contributed by atoms with Crippen molar-refractivity contribution in [1.82, 2.24) is 9.88 Å². The Hall–Kier alpha value is -2.30. The predicted octanol–water partition coefficient (Wildman–Crippen LogP) is 2.59. The molecule has 5 nitrogen and oxygen atoms in total. The maximum absolute atomic E-state index is 12.4. The summed E-state index contributed by atoms with van der Waals surface area (Å²) in [7, 11) is 0. The lowest BCUT2D eigenvalue weighted by molar-refractivity contribution is -0.145. The van der Waals surface area contributed by atoms with Gasteiger partial charge in [-0.1, -0.05) is 25.1 Å². The van der Waals surface area contributed by atoms with Crippen LogP contribution < -0.4 is 0 Å². The first kappa shape index (κ1) is 16.1. The Morgan fingerprint density at radius 2 is 2.00 bits per heavy atom. The van der Waals surface area contributed by atoms with Gasteiger partial charge in [-0.15, -0.1) is 0 Å². The lowest BCUT2D eigenvalue weighted by Gasteiger charge is -2.24. The largest absolute Gasteiger partial charge is 0.480 e. The number of nitrogens with zero attached hydrogens (tertiary/aromatic N) is 1. The van der Waals surface area contributed by atoms with Gasteiger partial charge in [0.15, 0.2) is 0 Å². The minimum atomic E-state index is -0.991. The van der Waals surface area contributed by atoms with E-state index < -0.39 is 5.97 Å². The van der Waals surface area contributed by atoms with Gasteiger partial charge in [0.25, 0.3) is 0 Å². The van der Waals surface area contributed by atoms with Gasteiger partial charge < -0.3 is 15.0 Å².